The van der Waals surface area contributed by atoms with Crippen LogP contribution in [0.4, 0.5) is 5.69 Å². The minimum absolute atomic E-state index is 0.294. The van der Waals surface area contributed by atoms with Crippen molar-refractivity contribution in [3.05, 3.63) is 54.1 Å². The molecule has 2 aromatic carbocycles. The molecular formula is C21H28N2O5S. The Morgan fingerprint density at radius 1 is 1.03 bits per heavy atom. The number of anilines is 1. The van der Waals surface area contributed by atoms with Crippen LogP contribution in [0.25, 0.3) is 0 Å². The number of nitrogens with zero attached hydrogens (tertiary/aromatic N) is 1. The van der Waals surface area contributed by atoms with E-state index in [-0.39, 0.29) is 5.91 Å². The zero-order valence-corrected chi connectivity index (χ0v) is 18.0. The van der Waals surface area contributed by atoms with E-state index in [4.69, 9.17) is 9.47 Å². The Balaban J connectivity index is 2.16. The summed E-state index contributed by atoms with van der Waals surface area (Å²) in [5.74, 6) is 1.01. The predicted molar refractivity (Wildman–Crippen MR) is 114 cm³/mol. The molecule has 8 heteroatoms. The van der Waals surface area contributed by atoms with Gasteiger partial charge in [-0.1, -0.05) is 19.1 Å². The van der Waals surface area contributed by atoms with Gasteiger partial charge in [-0.2, -0.15) is 0 Å². The molecule has 0 aromatic heterocycles. The minimum Gasteiger partial charge on any atom is -0.497 e. The SMILES string of the molecule is CCOc1ccc(CNC(=O)[C@H](CC)N(c2ccc(OC)cc2)S(C)(=O)=O)cc1. The molecule has 0 bridgehead atoms. The van der Waals surface area contributed by atoms with Crippen LogP contribution in [0.1, 0.15) is 25.8 Å². The van der Waals surface area contributed by atoms with E-state index < -0.39 is 16.1 Å². The molecule has 2 aromatic rings. The average Bonchev–Trinajstić information content (AvgIpc) is 2.70. The van der Waals surface area contributed by atoms with E-state index in [2.05, 4.69) is 5.32 Å². The maximum Gasteiger partial charge on any atom is 0.244 e. The Kier molecular flexibility index (Phi) is 7.90. The van der Waals surface area contributed by atoms with Crippen molar-refractivity contribution in [1.82, 2.24) is 5.32 Å². The molecule has 1 amide bonds. The Morgan fingerprint density at radius 2 is 1.62 bits per heavy atom. The summed E-state index contributed by atoms with van der Waals surface area (Å²) in [4.78, 5) is 12.8. The van der Waals surface area contributed by atoms with Gasteiger partial charge in [0.2, 0.25) is 15.9 Å². The van der Waals surface area contributed by atoms with Crippen LogP contribution in [0, 0.1) is 0 Å². The van der Waals surface area contributed by atoms with Gasteiger partial charge in [0.15, 0.2) is 0 Å². The van der Waals surface area contributed by atoms with Gasteiger partial charge in [-0.3, -0.25) is 9.10 Å². The fourth-order valence-electron chi connectivity index (χ4n) is 2.97. The van der Waals surface area contributed by atoms with E-state index >= 15 is 0 Å². The molecule has 0 aliphatic rings. The number of ether oxygens (including phenoxy) is 2. The van der Waals surface area contributed by atoms with Crippen LogP contribution >= 0.6 is 0 Å². The Hall–Kier alpha value is -2.74. The van der Waals surface area contributed by atoms with Crippen molar-refractivity contribution in [2.45, 2.75) is 32.9 Å². The molecule has 7 nitrogen and oxygen atoms in total. The Morgan fingerprint density at radius 3 is 2.10 bits per heavy atom. The zero-order chi connectivity index (χ0) is 21.4. The third-order valence-electron chi connectivity index (χ3n) is 4.36. The summed E-state index contributed by atoms with van der Waals surface area (Å²) in [6, 6.07) is 13.1. The molecule has 2 rings (SSSR count). The van der Waals surface area contributed by atoms with E-state index in [1.807, 2.05) is 31.2 Å². The second-order valence-electron chi connectivity index (χ2n) is 6.48. The molecule has 0 spiro atoms. The zero-order valence-electron chi connectivity index (χ0n) is 17.2. The maximum absolute atomic E-state index is 12.8. The number of nitrogens with one attached hydrogen (secondary N) is 1. The fraction of sp³-hybridized carbons (Fsp3) is 0.381. The molecular weight excluding hydrogens is 392 g/mol. The standard InChI is InChI=1S/C21H28N2O5S/c1-5-20(21(24)22-15-16-7-11-19(12-8-16)28-6-2)23(29(4,25)26)17-9-13-18(27-3)14-10-17/h7-14,20H,5-6,15H2,1-4H3,(H,22,24)/t20-/m0/s1. The van der Waals surface area contributed by atoms with Crippen molar-refractivity contribution in [1.29, 1.82) is 0 Å². The van der Waals surface area contributed by atoms with Crippen molar-refractivity contribution in [2.24, 2.45) is 0 Å². The maximum atomic E-state index is 12.8. The summed E-state index contributed by atoms with van der Waals surface area (Å²) in [7, 11) is -2.14. The predicted octanol–water partition coefficient (Wildman–Crippen LogP) is 2.95. The molecule has 29 heavy (non-hydrogen) atoms. The number of hydrogen-bond acceptors (Lipinski definition) is 5. The van der Waals surface area contributed by atoms with Gasteiger partial charge >= 0.3 is 0 Å². The number of hydrogen-bond donors (Lipinski definition) is 1. The molecule has 0 unspecified atom stereocenters. The molecule has 0 aliphatic carbocycles. The summed E-state index contributed by atoms with van der Waals surface area (Å²) >= 11 is 0. The van der Waals surface area contributed by atoms with Crippen LogP contribution in [0.5, 0.6) is 11.5 Å². The van der Waals surface area contributed by atoms with E-state index in [0.29, 0.717) is 31.0 Å². The summed E-state index contributed by atoms with van der Waals surface area (Å²) in [6.45, 7) is 4.57. The third-order valence-corrected chi connectivity index (χ3v) is 5.54. The average molecular weight is 421 g/mol. The normalized spacial score (nSPS) is 12.1. The monoisotopic (exact) mass is 420 g/mol. The highest BCUT2D eigenvalue weighted by Crippen LogP contribution is 2.25. The minimum atomic E-state index is -3.67. The molecule has 158 valence electrons. The van der Waals surface area contributed by atoms with Gasteiger partial charge < -0.3 is 14.8 Å². The third kappa shape index (κ3) is 6.12. The van der Waals surface area contributed by atoms with Crippen molar-refractivity contribution in [3.63, 3.8) is 0 Å². The van der Waals surface area contributed by atoms with Crippen LogP contribution in [0.15, 0.2) is 48.5 Å². The van der Waals surface area contributed by atoms with Crippen molar-refractivity contribution in [2.75, 3.05) is 24.3 Å². The highest BCUT2D eigenvalue weighted by Gasteiger charge is 2.31. The smallest absolute Gasteiger partial charge is 0.244 e. The summed E-state index contributed by atoms with van der Waals surface area (Å²) in [5, 5.41) is 2.84. The van der Waals surface area contributed by atoms with Crippen molar-refractivity contribution >= 4 is 21.6 Å². The van der Waals surface area contributed by atoms with Crippen LogP contribution in [-0.4, -0.2) is 40.3 Å². The number of methoxy groups -OCH3 is 1. The first kappa shape index (κ1) is 22.5. The second kappa shape index (κ2) is 10.2. The lowest BCUT2D eigenvalue weighted by atomic mass is 10.1. The lowest BCUT2D eigenvalue weighted by Gasteiger charge is -2.30. The number of carbonyl (C=O) groups is 1. The van der Waals surface area contributed by atoms with Crippen LogP contribution < -0.4 is 19.1 Å². The summed E-state index contributed by atoms with van der Waals surface area (Å²) in [5.41, 5.74) is 1.31. The Labute approximate surface area is 172 Å². The largest absolute Gasteiger partial charge is 0.497 e. The molecule has 1 N–H and O–H groups in total. The topological polar surface area (TPSA) is 84.9 Å². The molecule has 0 heterocycles. The van der Waals surface area contributed by atoms with Gasteiger partial charge in [0.1, 0.15) is 17.5 Å². The van der Waals surface area contributed by atoms with Crippen LogP contribution in [0.3, 0.4) is 0 Å². The molecule has 0 aliphatic heterocycles. The molecule has 0 radical (unpaired) electrons. The molecule has 0 saturated carbocycles. The highest BCUT2D eigenvalue weighted by molar-refractivity contribution is 7.92. The molecule has 0 fully saturated rings. The van der Waals surface area contributed by atoms with E-state index in [9.17, 15) is 13.2 Å². The molecule has 0 saturated heterocycles. The summed E-state index contributed by atoms with van der Waals surface area (Å²) in [6.07, 6.45) is 1.42. The van der Waals surface area contributed by atoms with E-state index in [1.54, 1.807) is 31.2 Å². The van der Waals surface area contributed by atoms with Gasteiger partial charge in [0.25, 0.3) is 0 Å². The molecule has 1 atom stereocenters. The van der Waals surface area contributed by atoms with Crippen LogP contribution in [-0.2, 0) is 21.4 Å². The first-order valence-corrected chi connectivity index (χ1v) is 11.3. The van der Waals surface area contributed by atoms with Crippen LogP contribution in [0.2, 0.25) is 0 Å². The first-order chi connectivity index (χ1) is 13.8. The van der Waals surface area contributed by atoms with Gasteiger partial charge in [-0.25, -0.2) is 8.42 Å². The fourth-order valence-corrected chi connectivity index (χ4v) is 4.18. The number of benzene rings is 2. The first-order valence-electron chi connectivity index (χ1n) is 9.43. The van der Waals surface area contributed by atoms with Crippen molar-refractivity contribution in [3.8, 4) is 11.5 Å². The van der Waals surface area contributed by atoms with Gasteiger partial charge in [-0.05, 0) is 55.3 Å². The van der Waals surface area contributed by atoms with Gasteiger partial charge in [0, 0.05) is 6.54 Å². The number of rotatable bonds is 10. The number of carbonyl (C=O) groups excluding carboxylic acids is 1. The number of amides is 1. The Bertz CT molecular complexity index is 896. The summed E-state index contributed by atoms with van der Waals surface area (Å²) < 4.78 is 36.6. The quantitative estimate of drug-likeness (QED) is 0.639. The van der Waals surface area contributed by atoms with Gasteiger partial charge in [0.05, 0.1) is 25.7 Å². The second-order valence-corrected chi connectivity index (χ2v) is 8.34. The van der Waals surface area contributed by atoms with E-state index in [1.165, 1.54) is 7.11 Å². The lowest BCUT2D eigenvalue weighted by Crippen LogP contribution is -2.49. The lowest BCUT2D eigenvalue weighted by molar-refractivity contribution is -0.122. The van der Waals surface area contributed by atoms with Gasteiger partial charge in [-0.15, -0.1) is 0 Å². The van der Waals surface area contributed by atoms with E-state index in [0.717, 1.165) is 21.9 Å². The van der Waals surface area contributed by atoms with Crippen molar-refractivity contribution < 1.29 is 22.7 Å². The number of sulfonamides is 1. The highest BCUT2D eigenvalue weighted by atomic mass is 32.2.